The first-order chi connectivity index (χ1) is 8.63. The lowest BCUT2D eigenvalue weighted by molar-refractivity contribution is 0.0690. The molecule has 0 aliphatic heterocycles. The van der Waals surface area contributed by atoms with Gasteiger partial charge in [0.1, 0.15) is 11.8 Å². The molecule has 18 heavy (non-hydrogen) atoms. The van der Waals surface area contributed by atoms with Crippen LogP contribution in [-0.2, 0) is 0 Å². The van der Waals surface area contributed by atoms with Gasteiger partial charge in [-0.05, 0) is 11.6 Å². The Kier molecular flexibility index (Phi) is 3.40. The molecule has 0 spiro atoms. The van der Waals surface area contributed by atoms with Crippen LogP contribution in [0.3, 0.4) is 0 Å². The SMILES string of the molecule is O=C(O)c1cc(-c2ccccc2C(O)CO)n[nH]1. The van der Waals surface area contributed by atoms with Crippen LogP contribution in [0.15, 0.2) is 30.3 Å². The lowest BCUT2D eigenvalue weighted by atomic mass is 10.0. The second-order valence-corrected chi connectivity index (χ2v) is 3.76. The maximum Gasteiger partial charge on any atom is 0.353 e. The fourth-order valence-electron chi connectivity index (χ4n) is 1.69. The van der Waals surface area contributed by atoms with Crippen molar-refractivity contribution in [2.24, 2.45) is 0 Å². The highest BCUT2D eigenvalue weighted by molar-refractivity contribution is 5.87. The normalized spacial score (nSPS) is 12.3. The van der Waals surface area contributed by atoms with Gasteiger partial charge in [0.2, 0.25) is 0 Å². The number of hydrogen-bond acceptors (Lipinski definition) is 4. The van der Waals surface area contributed by atoms with Crippen LogP contribution in [0.2, 0.25) is 0 Å². The molecule has 0 saturated heterocycles. The standard InChI is InChI=1S/C12H12N2O4/c15-6-11(16)8-4-2-1-3-7(8)9-5-10(12(17)18)14-13-9/h1-5,11,15-16H,6H2,(H,13,14)(H,17,18). The number of benzene rings is 1. The van der Waals surface area contributed by atoms with Crippen LogP contribution >= 0.6 is 0 Å². The van der Waals surface area contributed by atoms with Crippen LogP contribution in [0.25, 0.3) is 11.3 Å². The van der Waals surface area contributed by atoms with Crippen LogP contribution in [0.5, 0.6) is 0 Å². The summed E-state index contributed by atoms with van der Waals surface area (Å²) in [5.41, 5.74) is 1.47. The van der Waals surface area contributed by atoms with Gasteiger partial charge in [0.15, 0.2) is 0 Å². The summed E-state index contributed by atoms with van der Waals surface area (Å²) >= 11 is 0. The van der Waals surface area contributed by atoms with Crippen LogP contribution in [0, 0.1) is 0 Å². The van der Waals surface area contributed by atoms with E-state index in [4.69, 9.17) is 10.2 Å². The highest BCUT2D eigenvalue weighted by Gasteiger charge is 2.15. The first-order valence-corrected chi connectivity index (χ1v) is 5.30. The van der Waals surface area contributed by atoms with E-state index in [0.29, 0.717) is 16.8 Å². The van der Waals surface area contributed by atoms with Gasteiger partial charge in [0.05, 0.1) is 12.3 Å². The van der Waals surface area contributed by atoms with Gasteiger partial charge in [0.25, 0.3) is 0 Å². The Morgan fingerprint density at radius 3 is 2.72 bits per heavy atom. The topological polar surface area (TPSA) is 106 Å². The maximum atomic E-state index is 10.8. The zero-order valence-corrected chi connectivity index (χ0v) is 9.37. The molecule has 0 bridgehead atoms. The van der Waals surface area contributed by atoms with E-state index < -0.39 is 18.7 Å². The third kappa shape index (κ3) is 2.24. The predicted molar refractivity (Wildman–Crippen MR) is 63.0 cm³/mol. The van der Waals surface area contributed by atoms with Crippen molar-refractivity contribution in [2.75, 3.05) is 6.61 Å². The number of aromatic carboxylic acids is 1. The molecule has 0 fully saturated rings. The van der Waals surface area contributed by atoms with Crippen molar-refractivity contribution >= 4 is 5.97 Å². The number of rotatable bonds is 4. The summed E-state index contributed by atoms with van der Waals surface area (Å²) in [5, 5.41) is 33.8. The van der Waals surface area contributed by atoms with Gasteiger partial charge in [-0.3, -0.25) is 5.10 Å². The summed E-state index contributed by atoms with van der Waals surface area (Å²) < 4.78 is 0. The van der Waals surface area contributed by atoms with Gasteiger partial charge in [-0.25, -0.2) is 4.79 Å². The number of aliphatic hydroxyl groups is 2. The van der Waals surface area contributed by atoms with Gasteiger partial charge in [-0.15, -0.1) is 0 Å². The van der Waals surface area contributed by atoms with E-state index in [0.717, 1.165) is 0 Å². The van der Waals surface area contributed by atoms with Gasteiger partial charge in [-0.2, -0.15) is 5.10 Å². The minimum Gasteiger partial charge on any atom is -0.477 e. The number of carbonyl (C=O) groups is 1. The predicted octanol–water partition coefficient (Wildman–Crippen LogP) is 0.801. The van der Waals surface area contributed by atoms with E-state index in [1.54, 1.807) is 24.3 Å². The minimum absolute atomic E-state index is 0.0294. The lowest BCUT2D eigenvalue weighted by Gasteiger charge is -2.11. The fraction of sp³-hybridized carbons (Fsp3) is 0.167. The molecular weight excluding hydrogens is 236 g/mol. The molecule has 0 aliphatic carbocycles. The zero-order valence-electron chi connectivity index (χ0n) is 9.37. The summed E-state index contributed by atoms with van der Waals surface area (Å²) in [7, 11) is 0. The number of aromatic amines is 1. The van der Waals surface area contributed by atoms with Gasteiger partial charge < -0.3 is 15.3 Å². The average Bonchev–Trinajstić information content (AvgIpc) is 2.87. The van der Waals surface area contributed by atoms with E-state index in [-0.39, 0.29) is 5.69 Å². The molecule has 0 aliphatic rings. The number of nitrogens with zero attached hydrogens (tertiary/aromatic N) is 1. The molecular formula is C12H12N2O4. The minimum atomic E-state index is -1.10. The van der Waals surface area contributed by atoms with Crippen molar-refractivity contribution in [3.8, 4) is 11.3 Å². The third-order valence-corrected chi connectivity index (χ3v) is 2.58. The Morgan fingerprint density at radius 1 is 1.39 bits per heavy atom. The molecule has 1 heterocycles. The number of carboxylic acid groups (broad SMARTS) is 1. The number of aromatic nitrogens is 2. The largest absolute Gasteiger partial charge is 0.477 e. The van der Waals surface area contributed by atoms with Crippen molar-refractivity contribution in [1.29, 1.82) is 0 Å². The zero-order chi connectivity index (χ0) is 13.1. The van der Waals surface area contributed by atoms with Crippen molar-refractivity contribution in [3.05, 3.63) is 41.6 Å². The molecule has 1 unspecified atom stereocenters. The molecule has 6 heteroatoms. The van der Waals surface area contributed by atoms with Crippen molar-refractivity contribution in [1.82, 2.24) is 10.2 Å². The monoisotopic (exact) mass is 248 g/mol. The molecule has 1 aromatic heterocycles. The summed E-state index contributed by atoms with van der Waals surface area (Å²) in [6.45, 7) is -0.410. The van der Waals surface area contributed by atoms with Crippen molar-refractivity contribution in [3.63, 3.8) is 0 Å². The van der Waals surface area contributed by atoms with Gasteiger partial charge in [-0.1, -0.05) is 24.3 Å². The van der Waals surface area contributed by atoms with E-state index in [9.17, 15) is 9.90 Å². The second-order valence-electron chi connectivity index (χ2n) is 3.76. The van der Waals surface area contributed by atoms with Gasteiger partial charge in [0, 0.05) is 5.56 Å². The van der Waals surface area contributed by atoms with Crippen LogP contribution < -0.4 is 0 Å². The average molecular weight is 248 g/mol. The lowest BCUT2D eigenvalue weighted by Crippen LogP contribution is -2.04. The molecule has 6 nitrogen and oxygen atoms in total. The molecule has 2 aromatic rings. The van der Waals surface area contributed by atoms with Crippen molar-refractivity contribution in [2.45, 2.75) is 6.10 Å². The Morgan fingerprint density at radius 2 is 2.11 bits per heavy atom. The number of aliphatic hydroxyl groups excluding tert-OH is 2. The molecule has 0 radical (unpaired) electrons. The molecule has 4 N–H and O–H groups in total. The Hall–Kier alpha value is -2.18. The first kappa shape index (κ1) is 12.3. The first-order valence-electron chi connectivity index (χ1n) is 5.30. The summed E-state index contributed by atoms with van der Waals surface area (Å²) in [4.78, 5) is 10.8. The fourth-order valence-corrected chi connectivity index (χ4v) is 1.69. The molecule has 2 rings (SSSR count). The Labute approximate surface area is 103 Å². The molecule has 1 atom stereocenters. The van der Waals surface area contributed by atoms with E-state index in [1.807, 2.05) is 0 Å². The number of nitrogens with one attached hydrogen (secondary N) is 1. The van der Waals surface area contributed by atoms with Gasteiger partial charge >= 0.3 is 5.97 Å². The van der Waals surface area contributed by atoms with E-state index >= 15 is 0 Å². The number of carboxylic acids is 1. The smallest absolute Gasteiger partial charge is 0.353 e. The van der Waals surface area contributed by atoms with E-state index in [1.165, 1.54) is 6.07 Å². The van der Waals surface area contributed by atoms with Crippen LogP contribution in [0.4, 0.5) is 0 Å². The van der Waals surface area contributed by atoms with Crippen LogP contribution in [0.1, 0.15) is 22.2 Å². The Bertz CT molecular complexity index is 565. The summed E-state index contributed by atoms with van der Waals surface area (Å²) in [5.74, 6) is -1.10. The summed E-state index contributed by atoms with van der Waals surface area (Å²) in [6, 6.07) is 8.22. The Balaban J connectivity index is 2.46. The van der Waals surface area contributed by atoms with Crippen LogP contribution in [-0.4, -0.2) is 38.1 Å². The highest BCUT2D eigenvalue weighted by atomic mass is 16.4. The second kappa shape index (κ2) is 4.99. The molecule has 0 saturated carbocycles. The number of hydrogen-bond donors (Lipinski definition) is 4. The molecule has 94 valence electrons. The number of H-pyrrole nitrogens is 1. The third-order valence-electron chi connectivity index (χ3n) is 2.58. The molecule has 1 aromatic carbocycles. The highest BCUT2D eigenvalue weighted by Crippen LogP contribution is 2.27. The van der Waals surface area contributed by atoms with Crippen molar-refractivity contribution < 1.29 is 20.1 Å². The quantitative estimate of drug-likeness (QED) is 0.640. The maximum absolute atomic E-state index is 10.8. The van der Waals surface area contributed by atoms with E-state index in [2.05, 4.69) is 10.2 Å². The molecule has 0 amide bonds. The summed E-state index contributed by atoms with van der Waals surface area (Å²) in [6.07, 6.45) is -1.02.